The number of rotatable bonds is 4. The molecule has 118 valence electrons. The van der Waals surface area contributed by atoms with E-state index in [-0.39, 0.29) is 0 Å². The van der Waals surface area contributed by atoms with Gasteiger partial charge in [-0.15, -0.1) is 0 Å². The van der Waals surface area contributed by atoms with Gasteiger partial charge in [-0.25, -0.2) is 9.98 Å². The van der Waals surface area contributed by atoms with E-state index in [1.807, 2.05) is 13.8 Å². The van der Waals surface area contributed by atoms with Crippen LogP contribution in [0.25, 0.3) is 0 Å². The second-order valence-electron chi connectivity index (χ2n) is 5.27. The molecule has 2 heterocycles. The molecule has 1 unspecified atom stereocenters. The molecule has 1 aromatic rings. The van der Waals surface area contributed by atoms with Crippen LogP contribution in [0.5, 0.6) is 0 Å². The summed E-state index contributed by atoms with van der Waals surface area (Å²) in [7, 11) is 0. The molecule has 1 N–H and O–H groups in total. The number of hydrogen-bond donors (Lipinski definition) is 1. The van der Waals surface area contributed by atoms with Crippen molar-refractivity contribution in [2.24, 2.45) is 4.99 Å². The van der Waals surface area contributed by atoms with E-state index in [9.17, 15) is 0 Å². The SMILES string of the molecule is CCNC(=NCc1nc(C)c(C)o1)N1CCSC(CC)C1. The summed E-state index contributed by atoms with van der Waals surface area (Å²) in [5.74, 6) is 3.72. The van der Waals surface area contributed by atoms with Crippen molar-refractivity contribution in [3.63, 3.8) is 0 Å². The Labute approximate surface area is 131 Å². The lowest BCUT2D eigenvalue weighted by molar-refractivity contribution is 0.405. The van der Waals surface area contributed by atoms with E-state index in [4.69, 9.17) is 9.41 Å². The highest BCUT2D eigenvalue weighted by atomic mass is 32.2. The maximum Gasteiger partial charge on any atom is 0.216 e. The first-order chi connectivity index (χ1) is 10.1. The van der Waals surface area contributed by atoms with Gasteiger partial charge in [0, 0.05) is 30.6 Å². The van der Waals surface area contributed by atoms with Crippen molar-refractivity contribution in [1.29, 1.82) is 0 Å². The van der Waals surface area contributed by atoms with Crippen LogP contribution in [0.1, 0.15) is 37.6 Å². The predicted octanol–water partition coefficient (Wildman–Crippen LogP) is 2.58. The Morgan fingerprint density at radius 2 is 2.29 bits per heavy atom. The molecule has 1 aromatic heterocycles. The molecule has 5 nitrogen and oxygen atoms in total. The van der Waals surface area contributed by atoms with Crippen LogP contribution in [0, 0.1) is 13.8 Å². The van der Waals surface area contributed by atoms with E-state index in [1.165, 1.54) is 12.2 Å². The van der Waals surface area contributed by atoms with E-state index in [0.29, 0.717) is 17.7 Å². The largest absolute Gasteiger partial charge is 0.444 e. The van der Waals surface area contributed by atoms with E-state index in [1.54, 1.807) is 0 Å². The lowest BCUT2D eigenvalue weighted by atomic mass is 10.3. The van der Waals surface area contributed by atoms with Gasteiger partial charge in [0.05, 0.1) is 5.69 Å². The van der Waals surface area contributed by atoms with Gasteiger partial charge in [0.2, 0.25) is 5.89 Å². The van der Waals surface area contributed by atoms with E-state index < -0.39 is 0 Å². The van der Waals surface area contributed by atoms with Gasteiger partial charge < -0.3 is 14.6 Å². The summed E-state index contributed by atoms with van der Waals surface area (Å²) in [5.41, 5.74) is 0.950. The first-order valence-corrected chi connectivity index (χ1v) is 8.76. The van der Waals surface area contributed by atoms with Crippen LogP contribution in [-0.4, -0.2) is 46.5 Å². The van der Waals surface area contributed by atoms with Crippen molar-refractivity contribution in [2.75, 3.05) is 25.4 Å². The topological polar surface area (TPSA) is 53.7 Å². The summed E-state index contributed by atoms with van der Waals surface area (Å²) < 4.78 is 5.60. The van der Waals surface area contributed by atoms with Gasteiger partial charge in [-0.1, -0.05) is 6.92 Å². The van der Waals surface area contributed by atoms with Gasteiger partial charge >= 0.3 is 0 Å². The maximum absolute atomic E-state index is 5.60. The van der Waals surface area contributed by atoms with Crippen molar-refractivity contribution in [3.05, 3.63) is 17.3 Å². The molecule has 0 amide bonds. The van der Waals surface area contributed by atoms with Gasteiger partial charge in [0.1, 0.15) is 12.3 Å². The lowest BCUT2D eigenvalue weighted by Crippen LogP contribution is -2.48. The van der Waals surface area contributed by atoms with Crippen molar-refractivity contribution < 1.29 is 4.42 Å². The minimum Gasteiger partial charge on any atom is -0.444 e. The smallest absolute Gasteiger partial charge is 0.216 e. The zero-order valence-corrected chi connectivity index (χ0v) is 14.3. The molecule has 1 saturated heterocycles. The number of nitrogens with zero attached hydrogens (tertiary/aromatic N) is 3. The molecule has 0 saturated carbocycles. The Morgan fingerprint density at radius 1 is 1.48 bits per heavy atom. The minimum absolute atomic E-state index is 0.497. The lowest BCUT2D eigenvalue weighted by Gasteiger charge is -2.34. The van der Waals surface area contributed by atoms with Crippen LogP contribution in [-0.2, 0) is 6.54 Å². The third-order valence-electron chi connectivity index (χ3n) is 3.67. The van der Waals surface area contributed by atoms with Crippen LogP contribution < -0.4 is 5.32 Å². The van der Waals surface area contributed by atoms with Gasteiger partial charge in [0.15, 0.2) is 5.96 Å². The molecule has 0 aliphatic carbocycles. The highest BCUT2D eigenvalue weighted by Gasteiger charge is 2.21. The summed E-state index contributed by atoms with van der Waals surface area (Å²) >= 11 is 2.07. The average molecular weight is 310 g/mol. The summed E-state index contributed by atoms with van der Waals surface area (Å²) in [5, 5.41) is 4.09. The number of aliphatic imine (C=N–C) groups is 1. The molecule has 0 bridgehead atoms. The monoisotopic (exact) mass is 310 g/mol. The fourth-order valence-corrected chi connectivity index (χ4v) is 3.51. The molecule has 1 fully saturated rings. The Hall–Kier alpha value is -1.17. The Balaban J connectivity index is 2.04. The van der Waals surface area contributed by atoms with Crippen molar-refractivity contribution in [3.8, 4) is 0 Å². The Bertz CT molecular complexity index is 467. The fourth-order valence-electron chi connectivity index (χ4n) is 2.33. The minimum atomic E-state index is 0.497. The van der Waals surface area contributed by atoms with Crippen molar-refractivity contribution in [1.82, 2.24) is 15.2 Å². The third kappa shape index (κ3) is 4.40. The van der Waals surface area contributed by atoms with E-state index in [0.717, 1.165) is 37.0 Å². The fraction of sp³-hybridized carbons (Fsp3) is 0.733. The summed E-state index contributed by atoms with van der Waals surface area (Å²) in [6, 6.07) is 0. The molecular weight excluding hydrogens is 284 g/mol. The molecule has 2 rings (SSSR count). The zero-order chi connectivity index (χ0) is 15.2. The summed E-state index contributed by atoms with van der Waals surface area (Å²) in [6.45, 7) is 11.8. The van der Waals surface area contributed by atoms with Crippen LogP contribution in [0.3, 0.4) is 0 Å². The number of nitrogens with one attached hydrogen (secondary N) is 1. The Kier molecular flexibility index (Phi) is 5.96. The number of aryl methyl sites for hydroxylation is 2. The van der Waals surface area contributed by atoms with Crippen molar-refractivity contribution >= 4 is 17.7 Å². The molecule has 0 aromatic carbocycles. The molecule has 6 heteroatoms. The molecule has 0 radical (unpaired) electrons. The molecule has 1 aliphatic rings. The highest BCUT2D eigenvalue weighted by Crippen LogP contribution is 2.21. The third-order valence-corrected chi connectivity index (χ3v) is 5.04. The highest BCUT2D eigenvalue weighted by molar-refractivity contribution is 8.00. The molecule has 1 aliphatic heterocycles. The number of guanidine groups is 1. The zero-order valence-electron chi connectivity index (χ0n) is 13.5. The Morgan fingerprint density at radius 3 is 2.90 bits per heavy atom. The van der Waals surface area contributed by atoms with Gasteiger partial charge in [-0.3, -0.25) is 0 Å². The number of thioether (sulfide) groups is 1. The second kappa shape index (κ2) is 7.73. The normalized spacial score (nSPS) is 19.9. The number of aromatic nitrogens is 1. The van der Waals surface area contributed by atoms with Gasteiger partial charge in [-0.2, -0.15) is 11.8 Å². The van der Waals surface area contributed by atoms with Gasteiger partial charge in [-0.05, 0) is 27.2 Å². The number of oxazole rings is 1. The van der Waals surface area contributed by atoms with E-state index >= 15 is 0 Å². The first kappa shape index (κ1) is 16.2. The van der Waals surface area contributed by atoms with E-state index in [2.05, 4.69) is 40.8 Å². The number of hydrogen-bond acceptors (Lipinski definition) is 4. The van der Waals surface area contributed by atoms with Crippen LogP contribution in [0.2, 0.25) is 0 Å². The van der Waals surface area contributed by atoms with Crippen LogP contribution in [0.4, 0.5) is 0 Å². The second-order valence-corrected chi connectivity index (χ2v) is 6.67. The van der Waals surface area contributed by atoms with Crippen molar-refractivity contribution in [2.45, 2.75) is 45.9 Å². The average Bonchev–Trinajstić information content (AvgIpc) is 2.82. The van der Waals surface area contributed by atoms with Crippen LogP contribution >= 0.6 is 11.8 Å². The molecule has 0 spiro atoms. The van der Waals surface area contributed by atoms with Crippen LogP contribution in [0.15, 0.2) is 9.41 Å². The maximum atomic E-state index is 5.60. The molecule has 21 heavy (non-hydrogen) atoms. The summed E-state index contributed by atoms with van der Waals surface area (Å²) in [4.78, 5) is 11.4. The molecule has 1 atom stereocenters. The van der Waals surface area contributed by atoms with Gasteiger partial charge in [0.25, 0.3) is 0 Å². The predicted molar refractivity (Wildman–Crippen MR) is 88.9 cm³/mol. The summed E-state index contributed by atoms with van der Waals surface area (Å²) in [6.07, 6.45) is 1.21. The quantitative estimate of drug-likeness (QED) is 0.684. The molecular formula is C15H26N4OS. The standard InChI is InChI=1S/C15H26N4OS/c1-5-13-10-19(7-8-21-13)15(16-6-2)17-9-14-18-11(3)12(4)20-14/h13H,5-10H2,1-4H3,(H,16,17). The first-order valence-electron chi connectivity index (χ1n) is 7.71.